The Hall–Kier alpha value is -1.35. The molecule has 0 spiro atoms. The highest BCUT2D eigenvalue weighted by Crippen LogP contribution is 2.19. The predicted molar refractivity (Wildman–Crippen MR) is 121 cm³/mol. The maximum atomic E-state index is 5.40. The first-order valence-electron chi connectivity index (χ1n) is 8.57. The van der Waals surface area contributed by atoms with Crippen LogP contribution in [0.25, 0.3) is 0 Å². The van der Waals surface area contributed by atoms with E-state index >= 15 is 0 Å². The Morgan fingerprint density at radius 2 is 2.12 bits per heavy atom. The van der Waals surface area contributed by atoms with Crippen LogP contribution in [0.4, 0.5) is 0 Å². The van der Waals surface area contributed by atoms with Gasteiger partial charge in [-0.1, -0.05) is 12.1 Å². The summed E-state index contributed by atoms with van der Waals surface area (Å²) in [5.74, 6) is 1.84. The van der Waals surface area contributed by atoms with Gasteiger partial charge < -0.3 is 15.0 Å². The highest BCUT2D eigenvalue weighted by molar-refractivity contribution is 14.0. The average Bonchev–Trinajstić information content (AvgIpc) is 3.00. The number of methoxy groups -OCH3 is 1. The maximum Gasteiger partial charge on any atom is 0.194 e. The zero-order valence-electron chi connectivity index (χ0n) is 16.2. The van der Waals surface area contributed by atoms with E-state index in [9.17, 15) is 0 Å². The maximum absolute atomic E-state index is 5.40. The lowest BCUT2D eigenvalue weighted by Crippen LogP contribution is -2.38. The Morgan fingerprint density at radius 3 is 2.73 bits per heavy atom. The number of ether oxygens (including phenoxy) is 1. The lowest BCUT2D eigenvalue weighted by atomic mass is 10.1. The van der Waals surface area contributed by atoms with Gasteiger partial charge in [-0.2, -0.15) is 0 Å². The summed E-state index contributed by atoms with van der Waals surface area (Å²) in [4.78, 5) is 11.4. The molecule has 0 fully saturated rings. The van der Waals surface area contributed by atoms with E-state index in [1.54, 1.807) is 18.4 Å². The Kier molecular flexibility index (Phi) is 9.93. The van der Waals surface area contributed by atoms with Crippen LogP contribution < -0.4 is 10.1 Å². The summed E-state index contributed by atoms with van der Waals surface area (Å²) in [5, 5.41) is 6.56. The largest absolute Gasteiger partial charge is 0.496 e. The third kappa shape index (κ3) is 6.75. The van der Waals surface area contributed by atoms with Crippen LogP contribution in [0.5, 0.6) is 5.75 Å². The van der Waals surface area contributed by atoms with Gasteiger partial charge >= 0.3 is 0 Å². The molecule has 2 rings (SSSR count). The quantitative estimate of drug-likeness (QED) is 0.364. The molecule has 0 amide bonds. The molecule has 0 unspecified atom stereocenters. The number of guanidine groups is 1. The normalized spacial score (nSPS) is 11.0. The van der Waals surface area contributed by atoms with Crippen molar-refractivity contribution in [2.45, 2.75) is 33.7 Å². The van der Waals surface area contributed by atoms with E-state index in [4.69, 9.17) is 9.73 Å². The van der Waals surface area contributed by atoms with Crippen molar-refractivity contribution in [3.8, 4) is 5.75 Å². The highest BCUT2D eigenvalue weighted by Gasteiger charge is 2.08. The fourth-order valence-electron chi connectivity index (χ4n) is 2.58. The first-order chi connectivity index (χ1) is 12.0. The molecule has 2 aromatic rings. The van der Waals surface area contributed by atoms with Gasteiger partial charge in [0.1, 0.15) is 5.75 Å². The summed E-state index contributed by atoms with van der Waals surface area (Å²) in [7, 11) is 3.76. The second kappa shape index (κ2) is 11.4. The summed E-state index contributed by atoms with van der Waals surface area (Å²) in [6.07, 6.45) is 0.884. The van der Waals surface area contributed by atoms with Crippen LogP contribution in [0.3, 0.4) is 0 Å². The summed E-state index contributed by atoms with van der Waals surface area (Å²) in [6, 6.07) is 6.33. The van der Waals surface area contributed by atoms with Crippen molar-refractivity contribution >= 4 is 41.3 Å². The van der Waals surface area contributed by atoms with Crippen molar-refractivity contribution in [2.24, 2.45) is 4.99 Å². The topological polar surface area (TPSA) is 49.8 Å². The molecule has 0 aliphatic heterocycles. The fourth-order valence-corrected chi connectivity index (χ4v) is 3.18. The summed E-state index contributed by atoms with van der Waals surface area (Å²) in [6.45, 7) is 8.50. The van der Waals surface area contributed by atoms with Crippen LogP contribution >= 0.6 is 35.3 Å². The van der Waals surface area contributed by atoms with Gasteiger partial charge in [0.15, 0.2) is 5.96 Å². The van der Waals surface area contributed by atoms with Crippen LogP contribution in [0.15, 0.2) is 28.6 Å². The number of thiazole rings is 1. The monoisotopic (exact) mass is 488 g/mol. The van der Waals surface area contributed by atoms with Gasteiger partial charge in [0, 0.05) is 25.5 Å². The molecule has 144 valence electrons. The lowest BCUT2D eigenvalue weighted by molar-refractivity contribution is 0.411. The van der Waals surface area contributed by atoms with Crippen molar-refractivity contribution in [3.63, 3.8) is 0 Å². The van der Waals surface area contributed by atoms with Crippen molar-refractivity contribution < 1.29 is 4.74 Å². The number of halogens is 1. The SMILES string of the molecule is CCNC(=NCCc1ccc(C)c(OC)c1)N(C)Cc1csc(C)n1.I. The number of nitrogens with one attached hydrogen (secondary N) is 1. The predicted octanol–water partition coefficient (Wildman–Crippen LogP) is 4.03. The molecule has 0 bridgehead atoms. The zero-order chi connectivity index (χ0) is 18.2. The summed E-state index contributed by atoms with van der Waals surface area (Å²) in [5.41, 5.74) is 3.47. The minimum atomic E-state index is 0. The number of rotatable bonds is 7. The van der Waals surface area contributed by atoms with E-state index in [2.05, 4.69) is 52.6 Å². The Labute approximate surface area is 177 Å². The van der Waals surface area contributed by atoms with Crippen LogP contribution in [0.1, 0.15) is 28.8 Å². The van der Waals surface area contributed by atoms with Crippen molar-refractivity contribution in [1.29, 1.82) is 0 Å². The molecular weight excluding hydrogens is 459 g/mol. The molecule has 7 heteroatoms. The molecule has 1 heterocycles. The summed E-state index contributed by atoms with van der Waals surface area (Å²) >= 11 is 1.68. The van der Waals surface area contributed by atoms with Crippen molar-refractivity contribution in [3.05, 3.63) is 45.4 Å². The second-order valence-corrected chi connectivity index (χ2v) is 7.07. The number of aromatic nitrogens is 1. The van der Waals surface area contributed by atoms with Gasteiger partial charge in [-0.15, -0.1) is 35.3 Å². The van der Waals surface area contributed by atoms with E-state index in [0.717, 1.165) is 54.0 Å². The molecule has 0 aliphatic rings. The van der Waals surface area contributed by atoms with Crippen LogP contribution in [-0.2, 0) is 13.0 Å². The van der Waals surface area contributed by atoms with E-state index in [1.807, 2.05) is 14.0 Å². The fraction of sp³-hybridized carbons (Fsp3) is 0.474. The van der Waals surface area contributed by atoms with E-state index in [-0.39, 0.29) is 24.0 Å². The van der Waals surface area contributed by atoms with Gasteiger partial charge in [-0.25, -0.2) is 4.98 Å². The molecule has 0 radical (unpaired) electrons. The van der Waals surface area contributed by atoms with Gasteiger partial charge in [-0.3, -0.25) is 4.99 Å². The number of aryl methyl sites for hydroxylation is 2. The van der Waals surface area contributed by atoms with Gasteiger partial charge in [0.25, 0.3) is 0 Å². The first-order valence-corrected chi connectivity index (χ1v) is 9.45. The number of hydrogen-bond acceptors (Lipinski definition) is 4. The van der Waals surface area contributed by atoms with E-state index in [0.29, 0.717) is 0 Å². The molecule has 0 atom stereocenters. The molecule has 1 aromatic carbocycles. The molecule has 1 aromatic heterocycles. The van der Waals surface area contributed by atoms with Crippen LogP contribution in [0, 0.1) is 13.8 Å². The van der Waals surface area contributed by atoms with Gasteiger partial charge in [0.2, 0.25) is 0 Å². The zero-order valence-corrected chi connectivity index (χ0v) is 19.4. The van der Waals surface area contributed by atoms with E-state index < -0.39 is 0 Å². The minimum absolute atomic E-state index is 0. The second-order valence-electron chi connectivity index (χ2n) is 6.00. The number of benzene rings is 1. The molecule has 0 aliphatic carbocycles. The molecule has 26 heavy (non-hydrogen) atoms. The first kappa shape index (κ1) is 22.7. The number of nitrogens with zero attached hydrogens (tertiary/aromatic N) is 3. The van der Waals surface area contributed by atoms with Gasteiger partial charge in [0.05, 0.1) is 24.4 Å². The molecule has 5 nitrogen and oxygen atoms in total. The summed E-state index contributed by atoms with van der Waals surface area (Å²) < 4.78 is 5.40. The van der Waals surface area contributed by atoms with Crippen molar-refractivity contribution in [1.82, 2.24) is 15.2 Å². The molecule has 1 N–H and O–H groups in total. The Morgan fingerprint density at radius 1 is 1.35 bits per heavy atom. The molecule has 0 saturated carbocycles. The Bertz CT molecular complexity index is 717. The van der Waals surface area contributed by atoms with Crippen molar-refractivity contribution in [2.75, 3.05) is 27.2 Å². The smallest absolute Gasteiger partial charge is 0.194 e. The third-order valence-corrected chi connectivity index (χ3v) is 4.72. The molecule has 0 saturated heterocycles. The Balaban J connectivity index is 0.00000338. The average molecular weight is 488 g/mol. The minimum Gasteiger partial charge on any atom is -0.496 e. The standard InChI is InChI=1S/C19H28N4OS.HI/c1-6-20-19(23(4)12-17-13-25-15(3)22-17)21-10-9-16-8-7-14(2)18(11-16)24-5;/h7-8,11,13H,6,9-10,12H2,1-5H3,(H,20,21);1H. The van der Waals surface area contributed by atoms with E-state index in [1.165, 1.54) is 5.56 Å². The number of hydrogen-bond donors (Lipinski definition) is 1. The highest BCUT2D eigenvalue weighted by atomic mass is 127. The molecular formula is C19H29IN4OS. The lowest BCUT2D eigenvalue weighted by Gasteiger charge is -2.21. The van der Waals surface area contributed by atoms with Gasteiger partial charge in [-0.05, 0) is 44.4 Å². The number of aliphatic imine (C=N–C) groups is 1. The third-order valence-electron chi connectivity index (χ3n) is 3.90. The van der Waals surface area contributed by atoms with Crippen LogP contribution in [-0.4, -0.2) is 43.1 Å². The van der Waals surface area contributed by atoms with Crippen LogP contribution in [0.2, 0.25) is 0 Å².